The Labute approximate surface area is 290 Å². The maximum atomic E-state index is 13.1. The van der Waals surface area contributed by atoms with Gasteiger partial charge in [-0.1, -0.05) is 24.3 Å². The van der Waals surface area contributed by atoms with E-state index in [1.807, 2.05) is 45.3 Å². The molecule has 1 unspecified atom stereocenters. The highest BCUT2D eigenvalue weighted by Crippen LogP contribution is 2.26. The number of rotatable bonds is 15. The number of hydrogen-bond donors (Lipinski definition) is 2. The molecular formula is C35H45N7O8+2. The molecule has 0 spiro atoms. The van der Waals surface area contributed by atoms with Gasteiger partial charge in [-0.05, 0) is 77.8 Å². The zero-order chi connectivity index (χ0) is 36.5. The van der Waals surface area contributed by atoms with Crippen LogP contribution in [0.1, 0.15) is 75.1 Å². The first-order valence-electron chi connectivity index (χ1n) is 16.4. The number of aryl methyl sites for hydroxylation is 2. The molecule has 0 bridgehead atoms. The van der Waals surface area contributed by atoms with Gasteiger partial charge >= 0.3 is 12.1 Å². The van der Waals surface area contributed by atoms with Crippen molar-refractivity contribution in [2.75, 3.05) is 19.7 Å². The Morgan fingerprint density at radius 3 is 2.16 bits per heavy atom. The number of hydroxylamine groups is 2. The number of nitrogens with one attached hydrogen (secondary N) is 2. The summed E-state index contributed by atoms with van der Waals surface area (Å²) >= 11 is 0. The lowest BCUT2D eigenvalue weighted by Gasteiger charge is -2.26. The molecule has 266 valence electrons. The third-order valence-electron chi connectivity index (χ3n) is 7.10. The highest BCUT2D eigenvalue weighted by Gasteiger charge is 2.40. The van der Waals surface area contributed by atoms with E-state index in [9.17, 15) is 19.2 Å². The number of alkyl carbamates (subject to hydrolysis) is 1. The van der Waals surface area contributed by atoms with E-state index in [1.165, 1.54) is 12.1 Å². The molecule has 0 saturated carbocycles. The highest BCUT2D eigenvalue weighted by molar-refractivity contribution is 6.20. The van der Waals surface area contributed by atoms with Gasteiger partial charge in [0.1, 0.15) is 40.7 Å². The summed E-state index contributed by atoms with van der Waals surface area (Å²) in [4.78, 5) is 59.7. The molecule has 1 aliphatic heterocycles. The van der Waals surface area contributed by atoms with Crippen molar-refractivity contribution in [3.8, 4) is 16.9 Å². The predicted molar refractivity (Wildman–Crippen MR) is 179 cm³/mol. The van der Waals surface area contributed by atoms with Gasteiger partial charge in [0.05, 0.1) is 29.4 Å². The van der Waals surface area contributed by atoms with Gasteiger partial charge in [-0.2, -0.15) is 4.68 Å². The number of imide groups is 1. The second-order valence-electron chi connectivity index (χ2n) is 13.6. The lowest BCUT2D eigenvalue weighted by atomic mass is 10.1. The molecular weight excluding hydrogens is 646 g/mol. The van der Waals surface area contributed by atoms with Crippen molar-refractivity contribution in [2.24, 2.45) is 5.11 Å². The van der Waals surface area contributed by atoms with Crippen LogP contribution in [-0.4, -0.2) is 70.6 Å². The Bertz CT molecular complexity index is 1700. The third kappa shape index (κ3) is 10.5. The fraction of sp³-hybridized carbons (Fsp3) is 0.457. The van der Waals surface area contributed by atoms with Crippen LogP contribution in [0.2, 0.25) is 0 Å². The smallest absolute Gasteiger partial charge is 0.407 e. The second kappa shape index (κ2) is 16.3. The number of amides is 3. The number of carbonyl (C=O) groups is 4. The van der Waals surface area contributed by atoms with Crippen molar-refractivity contribution in [1.29, 1.82) is 5.53 Å². The van der Waals surface area contributed by atoms with E-state index in [2.05, 4.69) is 24.7 Å². The lowest BCUT2D eigenvalue weighted by molar-refractivity contribution is -0.775. The van der Waals surface area contributed by atoms with Gasteiger partial charge in [0.25, 0.3) is 11.8 Å². The average molecular weight is 692 g/mol. The summed E-state index contributed by atoms with van der Waals surface area (Å²) < 4.78 is 20.8. The molecule has 0 radical (unpaired) electrons. The fourth-order valence-corrected chi connectivity index (χ4v) is 4.95. The molecule has 50 heavy (non-hydrogen) atoms. The molecule has 1 aliphatic rings. The van der Waals surface area contributed by atoms with Crippen molar-refractivity contribution in [3.05, 3.63) is 72.1 Å². The van der Waals surface area contributed by atoms with Crippen LogP contribution in [0, 0.1) is 5.53 Å². The van der Waals surface area contributed by atoms with Crippen molar-refractivity contribution in [3.63, 3.8) is 0 Å². The molecule has 0 saturated heterocycles. The van der Waals surface area contributed by atoms with Crippen molar-refractivity contribution < 1.29 is 42.9 Å². The van der Waals surface area contributed by atoms with Crippen LogP contribution in [0.25, 0.3) is 11.1 Å². The van der Waals surface area contributed by atoms with Crippen molar-refractivity contribution >= 4 is 23.9 Å². The molecule has 3 amide bonds. The van der Waals surface area contributed by atoms with Gasteiger partial charge in [-0.3, -0.25) is 9.59 Å². The SMILES string of the molecule is CC(C)(C)OC(=O)NCCC[n+]1cc(-c2ccc(OCC(ON3C(=O)c4ccccc4C3=O)C(=O)OC(C)(C)C)cc2)cn1CCCN=[N+]=N. The van der Waals surface area contributed by atoms with Crippen LogP contribution in [0.4, 0.5) is 4.79 Å². The molecule has 1 aromatic heterocycles. The topological polar surface area (TPSA) is 180 Å². The fourth-order valence-electron chi connectivity index (χ4n) is 4.95. The minimum atomic E-state index is -1.41. The first-order valence-corrected chi connectivity index (χ1v) is 16.4. The maximum absolute atomic E-state index is 13.1. The highest BCUT2D eigenvalue weighted by atomic mass is 16.7. The minimum absolute atomic E-state index is 0.183. The van der Waals surface area contributed by atoms with Gasteiger partial charge in [0.2, 0.25) is 17.2 Å². The maximum Gasteiger partial charge on any atom is 0.407 e. The van der Waals surface area contributed by atoms with Crippen LogP contribution < -0.4 is 19.6 Å². The van der Waals surface area contributed by atoms with Gasteiger partial charge in [0.15, 0.2) is 6.54 Å². The van der Waals surface area contributed by atoms with Crippen molar-refractivity contribution in [1.82, 2.24) is 20.0 Å². The molecule has 2 heterocycles. The van der Waals surface area contributed by atoms with Gasteiger partial charge in [-0.15, -0.1) is 9.75 Å². The van der Waals surface area contributed by atoms with Gasteiger partial charge in [0, 0.05) is 13.0 Å². The molecule has 2 N–H and O–H groups in total. The number of nitrogens with zero attached hydrogens (tertiary/aromatic N) is 5. The summed E-state index contributed by atoms with van der Waals surface area (Å²) in [6.07, 6.45) is 3.47. The summed E-state index contributed by atoms with van der Waals surface area (Å²) in [6.45, 7) is 12.3. The Hall–Kier alpha value is -5.40. The van der Waals surface area contributed by atoms with Crippen LogP contribution in [0.3, 0.4) is 0 Å². The normalized spacial score (nSPS) is 13.4. The zero-order valence-corrected chi connectivity index (χ0v) is 29.3. The number of esters is 1. The van der Waals surface area contributed by atoms with Gasteiger partial charge < -0.3 is 19.5 Å². The number of aromatic nitrogens is 2. The standard InChI is InChI=1S/C35H44N7O8/c1-34(2,3)48-32(45)29(50-42-30(43)27-11-7-8-12-28(27)31(42)44)23-47-26-15-13-24(14-16-26)25-21-40(41(22-25)20-10-18-38-39-36)19-9-17-37-33(46)49-35(4,5)6/h7-8,11-16,21-22,29,36H,9-10,17-20,23H2,1-6H3/q+1/p+1. The lowest BCUT2D eigenvalue weighted by Crippen LogP contribution is -2.44. The largest absolute Gasteiger partial charge is 0.490 e. The van der Waals surface area contributed by atoms with Crippen LogP contribution in [0.15, 0.2) is 66.0 Å². The minimum Gasteiger partial charge on any atom is -0.490 e. The third-order valence-corrected chi connectivity index (χ3v) is 7.10. The van der Waals surface area contributed by atoms with E-state index in [0.29, 0.717) is 49.8 Å². The summed E-state index contributed by atoms with van der Waals surface area (Å²) in [5, 5.41) is 7.10. The Morgan fingerprint density at radius 2 is 1.56 bits per heavy atom. The quantitative estimate of drug-likeness (QED) is 0.0579. The Balaban J connectivity index is 1.43. The molecule has 1 atom stereocenters. The molecule has 2 aromatic carbocycles. The molecule has 4 rings (SSSR count). The number of benzene rings is 2. The summed E-state index contributed by atoms with van der Waals surface area (Å²) in [7, 11) is 0. The Morgan fingerprint density at radius 1 is 0.920 bits per heavy atom. The molecule has 0 aliphatic carbocycles. The number of carbonyl (C=O) groups excluding carboxylic acids is 4. The van der Waals surface area contributed by atoms with Gasteiger partial charge in [-0.25, -0.2) is 14.4 Å². The second-order valence-corrected chi connectivity index (χ2v) is 13.6. The van der Waals surface area contributed by atoms with E-state index >= 15 is 0 Å². The van der Waals surface area contributed by atoms with E-state index in [0.717, 1.165) is 11.1 Å². The monoisotopic (exact) mass is 691 g/mol. The molecule has 0 fully saturated rings. The predicted octanol–water partition coefficient (Wildman–Crippen LogP) is 4.61. The first kappa shape index (κ1) is 37.4. The van der Waals surface area contributed by atoms with Crippen LogP contribution in [-0.2, 0) is 32.2 Å². The van der Waals surface area contributed by atoms with E-state index in [-0.39, 0.29) is 17.7 Å². The van der Waals surface area contributed by atoms with Crippen LogP contribution >= 0.6 is 0 Å². The molecule has 15 heteroatoms. The molecule has 3 aromatic rings. The van der Waals surface area contributed by atoms with Crippen molar-refractivity contribution in [2.45, 2.75) is 84.8 Å². The number of ether oxygens (including phenoxy) is 3. The number of hydrogen-bond acceptors (Lipinski definition) is 10. The molecule has 15 nitrogen and oxygen atoms in total. The average Bonchev–Trinajstić information content (AvgIpc) is 3.56. The van der Waals surface area contributed by atoms with Crippen LogP contribution in [0.5, 0.6) is 5.75 Å². The number of fused-ring (bicyclic) bond motifs is 1. The van der Waals surface area contributed by atoms with E-state index < -0.39 is 41.2 Å². The zero-order valence-electron chi connectivity index (χ0n) is 29.3. The summed E-state index contributed by atoms with van der Waals surface area (Å²) in [6, 6.07) is 13.5. The van der Waals surface area contributed by atoms with E-state index in [4.69, 9.17) is 24.6 Å². The van der Waals surface area contributed by atoms with E-state index in [1.54, 1.807) is 45.0 Å². The first-order chi connectivity index (χ1) is 23.6. The summed E-state index contributed by atoms with van der Waals surface area (Å²) in [5.41, 5.74) is 7.66. The Kier molecular flexibility index (Phi) is 12.2. The summed E-state index contributed by atoms with van der Waals surface area (Å²) in [5.74, 6) is -1.71.